The summed E-state index contributed by atoms with van der Waals surface area (Å²) in [6.07, 6.45) is -0.543. The highest BCUT2D eigenvalue weighted by Crippen LogP contribution is 2.39. The third-order valence-corrected chi connectivity index (χ3v) is 4.88. The summed E-state index contributed by atoms with van der Waals surface area (Å²) >= 11 is 0. The first kappa shape index (κ1) is 20.4. The average molecular weight is 415 g/mol. The van der Waals surface area contributed by atoms with E-state index >= 15 is 0 Å². The maximum absolute atomic E-state index is 12.0. The Balaban J connectivity index is 1.76. The largest absolute Gasteiger partial charge is 0.450 e. The number of benzene rings is 2. The third kappa shape index (κ3) is 4.83. The van der Waals surface area contributed by atoms with Crippen molar-refractivity contribution in [3.05, 3.63) is 77.9 Å². The van der Waals surface area contributed by atoms with Crippen LogP contribution < -0.4 is 16.0 Å². The molecule has 0 saturated carbocycles. The van der Waals surface area contributed by atoms with Gasteiger partial charge < -0.3 is 15.4 Å². The molecular weight excluding hydrogens is 390 g/mol. The minimum atomic E-state index is -0.543. The van der Waals surface area contributed by atoms with Gasteiger partial charge in [-0.15, -0.1) is 0 Å². The van der Waals surface area contributed by atoms with Gasteiger partial charge in [-0.05, 0) is 25.0 Å². The molecule has 0 spiro atoms. The average Bonchev–Trinajstić information content (AvgIpc) is 2.79. The summed E-state index contributed by atoms with van der Waals surface area (Å²) in [6, 6.07) is 22.1. The molecule has 0 bridgehead atoms. The predicted molar refractivity (Wildman–Crippen MR) is 124 cm³/mol. The van der Waals surface area contributed by atoms with Crippen LogP contribution in [0.1, 0.15) is 31.0 Å². The Bertz CT molecular complexity index is 1040. The Labute approximate surface area is 181 Å². The van der Waals surface area contributed by atoms with Crippen LogP contribution in [0.3, 0.4) is 0 Å². The van der Waals surface area contributed by atoms with Crippen molar-refractivity contribution in [1.82, 2.24) is 4.98 Å². The number of hydrogen-bond donors (Lipinski definition) is 3. The molecule has 0 unspecified atom stereocenters. The molecule has 7 heteroatoms. The molecule has 0 saturated heterocycles. The van der Waals surface area contributed by atoms with Crippen LogP contribution in [0.4, 0.5) is 27.8 Å². The second-order valence-corrected chi connectivity index (χ2v) is 7.20. The van der Waals surface area contributed by atoms with Crippen LogP contribution in [-0.4, -0.2) is 29.9 Å². The van der Waals surface area contributed by atoms with Gasteiger partial charge in [0.2, 0.25) is 0 Å². The Morgan fingerprint density at radius 3 is 2.35 bits per heavy atom. The molecule has 0 radical (unpaired) electrons. The van der Waals surface area contributed by atoms with Gasteiger partial charge in [0.25, 0.3) is 0 Å². The first-order valence-electron chi connectivity index (χ1n) is 10.3. The number of hydrogen-bond acceptors (Lipinski definition) is 6. The van der Waals surface area contributed by atoms with Crippen molar-refractivity contribution in [2.45, 2.75) is 19.9 Å². The number of nitrogens with one attached hydrogen (secondary N) is 3. The van der Waals surface area contributed by atoms with Crippen LogP contribution >= 0.6 is 0 Å². The Morgan fingerprint density at radius 1 is 1.10 bits per heavy atom. The Hall–Kier alpha value is -3.87. The topological polar surface area (TPSA) is 87.6 Å². The smallest absolute Gasteiger partial charge is 0.412 e. The fourth-order valence-corrected chi connectivity index (χ4v) is 3.47. The number of pyridine rings is 1. The number of amides is 1. The summed E-state index contributed by atoms with van der Waals surface area (Å²) in [5.74, 6) is 1.00. The molecule has 3 N–H and O–H groups in total. The van der Waals surface area contributed by atoms with E-state index in [1.54, 1.807) is 13.0 Å². The predicted octanol–water partition coefficient (Wildman–Crippen LogP) is 5.37. The lowest BCUT2D eigenvalue weighted by Gasteiger charge is -2.25. The highest BCUT2D eigenvalue weighted by molar-refractivity contribution is 5.97. The van der Waals surface area contributed by atoms with E-state index in [9.17, 15) is 4.79 Å². The standard InChI is InChI=1S/C24H25N5O2/c1-3-31-24(30)29-20-14-19(22-23(28-20)25-15-16(2)26-22)27-21(17-10-6-4-7-11-17)18-12-8-5-9-13-18/h4-14,21H,3,15H2,1-2H3,(H3,25,27,28,29,30). The van der Waals surface area contributed by atoms with Crippen molar-refractivity contribution < 1.29 is 9.53 Å². The fraction of sp³-hybridized carbons (Fsp3) is 0.208. The normalized spacial score (nSPS) is 12.4. The summed E-state index contributed by atoms with van der Waals surface area (Å²) in [5.41, 5.74) is 4.67. The van der Waals surface area contributed by atoms with Gasteiger partial charge in [-0.1, -0.05) is 60.7 Å². The van der Waals surface area contributed by atoms with Crippen molar-refractivity contribution in [3.63, 3.8) is 0 Å². The molecule has 3 aromatic rings. The first-order chi connectivity index (χ1) is 15.1. The van der Waals surface area contributed by atoms with Gasteiger partial charge in [-0.25, -0.2) is 9.78 Å². The molecule has 1 aromatic heterocycles. The van der Waals surface area contributed by atoms with E-state index in [1.807, 2.05) is 43.3 Å². The SMILES string of the molecule is CCOC(=O)Nc1cc(NC(c2ccccc2)c2ccccc2)c2c(n1)NCC(C)=N2. The lowest BCUT2D eigenvalue weighted by molar-refractivity contribution is 0.168. The summed E-state index contributed by atoms with van der Waals surface area (Å²) in [7, 11) is 0. The van der Waals surface area contributed by atoms with Gasteiger partial charge in [0, 0.05) is 11.8 Å². The summed E-state index contributed by atoms with van der Waals surface area (Å²) in [4.78, 5) is 21.2. The van der Waals surface area contributed by atoms with Crippen molar-refractivity contribution in [2.24, 2.45) is 4.99 Å². The number of aliphatic imine (C=N–C) groups is 1. The van der Waals surface area contributed by atoms with Gasteiger partial charge in [-0.2, -0.15) is 0 Å². The van der Waals surface area contributed by atoms with Gasteiger partial charge >= 0.3 is 6.09 Å². The fourth-order valence-electron chi connectivity index (χ4n) is 3.47. The lowest BCUT2D eigenvalue weighted by atomic mass is 9.98. The highest BCUT2D eigenvalue weighted by atomic mass is 16.5. The third-order valence-electron chi connectivity index (χ3n) is 4.88. The number of rotatable bonds is 6. The van der Waals surface area contributed by atoms with E-state index in [-0.39, 0.29) is 12.6 Å². The van der Waals surface area contributed by atoms with Gasteiger partial charge in [0.15, 0.2) is 5.82 Å². The van der Waals surface area contributed by atoms with Gasteiger partial charge in [0.1, 0.15) is 11.5 Å². The number of carbonyl (C=O) groups excluding carboxylic acids is 1. The van der Waals surface area contributed by atoms with E-state index in [2.05, 4.69) is 45.2 Å². The van der Waals surface area contributed by atoms with Crippen LogP contribution in [0.2, 0.25) is 0 Å². The molecule has 4 rings (SSSR count). The van der Waals surface area contributed by atoms with E-state index in [4.69, 9.17) is 9.73 Å². The Morgan fingerprint density at radius 2 is 1.74 bits per heavy atom. The van der Waals surface area contributed by atoms with Gasteiger partial charge in [-0.3, -0.25) is 10.3 Å². The van der Waals surface area contributed by atoms with Crippen LogP contribution in [0.5, 0.6) is 0 Å². The summed E-state index contributed by atoms with van der Waals surface area (Å²) < 4.78 is 5.01. The zero-order valence-electron chi connectivity index (χ0n) is 17.6. The number of fused-ring (bicyclic) bond motifs is 1. The molecular formula is C24H25N5O2. The second-order valence-electron chi connectivity index (χ2n) is 7.20. The van der Waals surface area contributed by atoms with Crippen molar-refractivity contribution in [3.8, 4) is 0 Å². The number of carbonyl (C=O) groups is 1. The lowest BCUT2D eigenvalue weighted by Crippen LogP contribution is -2.20. The maximum atomic E-state index is 12.0. The minimum absolute atomic E-state index is 0.109. The van der Waals surface area contributed by atoms with Crippen LogP contribution in [0.15, 0.2) is 71.7 Å². The number of aromatic nitrogens is 1. The maximum Gasteiger partial charge on any atom is 0.412 e. The molecule has 0 fully saturated rings. The van der Waals surface area contributed by atoms with Crippen molar-refractivity contribution >= 4 is 34.8 Å². The van der Waals surface area contributed by atoms with E-state index in [0.717, 1.165) is 28.2 Å². The number of nitrogens with zero attached hydrogens (tertiary/aromatic N) is 2. The molecule has 0 atom stereocenters. The van der Waals surface area contributed by atoms with Crippen LogP contribution in [-0.2, 0) is 4.74 Å². The van der Waals surface area contributed by atoms with Crippen molar-refractivity contribution in [1.29, 1.82) is 0 Å². The zero-order chi connectivity index (χ0) is 21.6. The van der Waals surface area contributed by atoms with Crippen LogP contribution in [0, 0.1) is 0 Å². The molecule has 7 nitrogen and oxygen atoms in total. The zero-order valence-corrected chi connectivity index (χ0v) is 17.6. The highest BCUT2D eigenvalue weighted by Gasteiger charge is 2.21. The number of ether oxygens (including phenoxy) is 1. The summed E-state index contributed by atoms with van der Waals surface area (Å²) in [6.45, 7) is 4.61. The quantitative estimate of drug-likeness (QED) is 0.504. The molecule has 1 aliphatic heterocycles. The minimum Gasteiger partial charge on any atom is -0.450 e. The van der Waals surface area contributed by atoms with E-state index in [0.29, 0.717) is 18.2 Å². The Kier molecular flexibility index (Phi) is 6.12. The van der Waals surface area contributed by atoms with Gasteiger partial charge in [0.05, 0.1) is 24.9 Å². The van der Waals surface area contributed by atoms with Crippen molar-refractivity contribution in [2.75, 3.05) is 29.1 Å². The first-order valence-corrected chi connectivity index (χ1v) is 10.3. The van der Waals surface area contributed by atoms with E-state index in [1.165, 1.54) is 0 Å². The molecule has 2 aromatic carbocycles. The van der Waals surface area contributed by atoms with Crippen LogP contribution in [0.25, 0.3) is 0 Å². The molecule has 1 aliphatic rings. The summed E-state index contributed by atoms with van der Waals surface area (Å²) in [5, 5.41) is 9.60. The molecule has 31 heavy (non-hydrogen) atoms. The number of anilines is 3. The van der Waals surface area contributed by atoms with E-state index < -0.39 is 6.09 Å². The molecule has 0 aliphatic carbocycles. The second kappa shape index (κ2) is 9.30. The monoisotopic (exact) mass is 415 g/mol. The molecule has 158 valence electrons. The molecule has 2 heterocycles. The molecule has 1 amide bonds.